The zero-order valence-electron chi connectivity index (χ0n) is 13.9. The van der Waals surface area contributed by atoms with E-state index in [4.69, 9.17) is 4.74 Å². The Balaban J connectivity index is 1.88. The van der Waals surface area contributed by atoms with Gasteiger partial charge in [-0.2, -0.15) is 0 Å². The number of nitrogens with zero attached hydrogens (tertiary/aromatic N) is 3. The molecule has 0 radical (unpaired) electrons. The monoisotopic (exact) mass is 333 g/mol. The van der Waals surface area contributed by atoms with Crippen molar-refractivity contribution in [1.29, 1.82) is 0 Å². The van der Waals surface area contributed by atoms with Crippen LogP contribution in [0.15, 0.2) is 18.2 Å². The SMILES string of the molecule is CC1CCCCN1C(=O)c1ccc(N2CCOCC2)c([N+](=O)[O-])c1. The molecule has 2 aliphatic heterocycles. The largest absolute Gasteiger partial charge is 0.378 e. The molecular weight excluding hydrogens is 310 g/mol. The van der Waals surface area contributed by atoms with Crippen LogP contribution in [0.2, 0.25) is 0 Å². The minimum absolute atomic E-state index is 0.00703. The number of hydrogen-bond donors (Lipinski definition) is 0. The summed E-state index contributed by atoms with van der Waals surface area (Å²) >= 11 is 0. The number of ether oxygens (including phenoxy) is 1. The minimum atomic E-state index is -0.402. The maximum absolute atomic E-state index is 12.7. The fourth-order valence-electron chi connectivity index (χ4n) is 3.44. The van der Waals surface area contributed by atoms with Gasteiger partial charge in [0.25, 0.3) is 11.6 Å². The molecule has 0 bridgehead atoms. The van der Waals surface area contributed by atoms with Crippen molar-refractivity contribution in [1.82, 2.24) is 4.90 Å². The van der Waals surface area contributed by atoms with Gasteiger partial charge in [0.15, 0.2) is 0 Å². The summed E-state index contributed by atoms with van der Waals surface area (Å²) in [6.45, 7) is 5.12. The summed E-state index contributed by atoms with van der Waals surface area (Å²) in [5.74, 6) is -0.112. The fraction of sp³-hybridized carbons (Fsp3) is 0.588. The first-order valence-corrected chi connectivity index (χ1v) is 8.50. The molecule has 0 saturated carbocycles. The number of hydrogen-bond acceptors (Lipinski definition) is 5. The van der Waals surface area contributed by atoms with Gasteiger partial charge in [-0.1, -0.05) is 0 Å². The van der Waals surface area contributed by atoms with E-state index in [-0.39, 0.29) is 17.6 Å². The molecule has 0 N–H and O–H groups in total. The summed E-state index contributed by atoms with van der Waals surface area (Å²) < 4.78 is 5.30. The summed E-state index contributed by atoms with van der Waals surface area (Å²) in [6, 6.07) is 5.02. The van der Waals surface area contributed by atoms with E-state index in [1.807, 2.05) is 16.7 Å². The molecule has 2 saturated heterocycles. The van der Waals surface area contributed by atoms with Crippen molar-refractivity contribution in [2.75, 3.05) is 37.7 Å². The second kappa shape index (κ2) is 7.17. The Morgan fingerprint density at radius 1 is 1.25 bits per heavy atom. The van der Waals surface area contributed by atoms with E-state index >= 15 is 0 Å². The summed E-state index contributed by atoms with van der Waals surface area (Å²) in [5, 5.41) is 11.5. The van der Waals surface area contributed by atoms with Crippen LogP contribution >= 0.6 is 0 Å². The second-order valence-electron chi connectivity index (χ2n) is 6.40. The maximum Gasteiger partial charge on any atom is 0.293 e. The number of nitro benzene ring substituents is 1. The van der Waals surface area contributed by atoms with Gasteiger partial charge >= 0.3 is 0 Å². The average Bonchev–Trinajstić information content (AvgIpc) is 2.62. The number of morpholine rings is 1. The van der Waals surface area contributed by atoms with E-state index in [1.165, 1.54) is 6.07 Å². The lowest BCUT2D eigenvalue weighted by Gasteiger charge is -2.33. The molecule has 1 atom stereocenters. The minimum Gasteiger partial charge on any atom is -0.378 e. The molecule has 7 nitrogen and oxygen atoms in total. The highest BCUT2D eigenvalue weighted by Gasteiger charge is 2.27. The van der Waals surface area contributed by atoms with Gasteiger partial charge in [0.1, 0.15) is 5.69 Å². The van der Waals surface area contributed by atoms with Crippen molar-refractivity contribution in [3.8, 4) is 0 Å². The first-order valence-electron chi connectivity index (χ1n) is 8.50. The number of rotatable bonds is 3. The van der Waals surface area contributed by atoms with Crippen LogP contribution in [-0.4, -0.2) is 54.6 Å². The number of likely N-dealkylation sites (tertiary alicyclic amines) is 1. The molecule has 1 aromatic rings. The quantitative estimate of drug-likeness (QED) is 0.627. The summed E-state index contributed by atoms with van der Waals surface area (Å²) in [5.41, 5.74) is 0.950. The Morgan fingerprint density at radius 3 is 2.67 bits per heavy atom. The number of nitro groups is 1. The van der Waals surface area contributed by atoms with Gasteiger partial charge in [-0.3, -0.25) is 14.9 Å². The molecule has 2 heterocycles. The van der Waals surface area contributed by atoms with Crippen molar-refractivity contribution in [3.63, 3.8) is 0 Å². The average molecular weight is 333 g/mol. The topological polar surface area (TPSA) is 75.9 Å². The molecule has 3 rings (SSSR count). The Morgan fingerprint density at radius 2 is 2.00 bits per heavy atom. The maximum atomic E-state index is 12.7. The van der Waals surface area contributed by atoms with Crippen LogP contribution in [0.25, 0.3) is 0 Å². The van der Waals surface area contributed by atoms with Crippen LogP contribution in [-0.2, 0) is 4.74 Å². The number of carbonyl (C=O) groups is 1. The smallest absolute Gasteiger partial charge is 0.293 e. The Labute approximate surface area is 141 Å². The third kappa shape index (κ3) is 3.36. The van der Waals surface area contributed by atoms with Crippen molar-refractivity contribution in [2.45, 2.75) is 32.2 Å². The molecule has 2 aliphatic rings. The van der Waals surface area contributed by atoms with Crippen molar-refractivity contribution < 1.29 is 14.5 Å². The molecule has 0 aliphatic carbocycles. The Hall–Kier alpha value is -2.15. The van der Waals surface area contributed by atoms with E-state index < -0.39 is 4.92 Å². The summed E-state index contributed by atoms with van der Waals surface area (Å²) in [7, 11) is 0. The highest BCUT2D eigenvalue weighted by molar-refractivity contribution is 5.96. The van der Waals surface area contributed by atoms with E-state index in [1.54, 1.807) is 12.1 Å². The third-order valence-corrected chi connectivity index (χ3v) is 4.83. The lowest BCUT2D eigenvalue weighted by Crippen LogP contribution is -2.42. The standard InChI is InChI=1S/C17H23N3O4/c1-13-4-2-3-7-19(13)17(21)14-5-6-15(16(12-14)20(22)23)18-8-10-24-11-9-18/h5-6,12-13H,2-4,7-11H2,1H3. The first-order chi connectivity index (χ1) is 11.6. The van der Waals surface area contributed by atoms with Gasteiger partial charge in [0.05, 0.1) is 18.1 Å². The van der Waals surface area contributed by atoms with Crippen LogP contribution in [0.3, 0.4) is 0 Å². The molecule has 2 fully saturated rings. The van der Waals surface area contributed by atoms with Gasteiger partial charge in [-0.05, 0) is 38.3 Å². The molecule has 1 aromatic carbocycles. The van der Waals surface area contributed by atoms with Gasteiger partial charge in [-0.25, -0.2) is 0 Å². The van der Waals surface area contributed by atoms with E-state index in [0.29, 0.717) is 37.6 Å². The van der Waals surface area contributed by atoms with Gasteiger partial charge in [0, 0.05) is 37.3 Å². The highest BCUT2D eigenvalue weighted by atomic mass is 16.6. The normalized spacial score (nSPS) is 21.6. The Bertz CT molecular complexity index is 628. The number of benzene rings is 1. The predicted molar refractivity (Wildman–Crippen MR) is 90.5 cm³/mol. The van der Waals surface area contributed by atoms with Crippen LogP contribution in [0.1, 0.15) is 36.5 Å². The zero-order valence-corrected chi connectivity index (χ0v) is 13.9. The van der Waals surface area contributed by atoms with Crippen molar-refractivity contribution in [3.05, 3.63) is 33.9 Å². The van der Waals surface area contributed by atoms with Crippen molar-refractivity contribution >= 4 is 17.3 Å². The molecule has 7 heteroatoms. The lowest BCUT2D eigenvalue weighted by molar-refractivity contribution is -0.384. The molecule has 0 aromatic heterocycles. The van der Waals surface area contributed by atoms with Gasteiger partial charge in [-0.15, -0.1) is 0 Å². The summed E-state index contributed by atoms with van der Waals surface area (Å²) in [6.07, 6.45) is 3.10. The van der Waals surface area contributed by atoms with Crippen LogP contribution in [0.4, 0.5) is 11.4 Å². The molecule has 24 heavy (non-hydrogen) atoms. The number of piperidine rings is 1. The fourth-order valence-corrected chi connectivity index (χ4v) is 3.44. The van der Waals surface area contributed by atoms with Crippen LogP contribution in [0.5, 0.6) is 0 Å². The number of anilines is 1. The number of amides is 1. The van der Waals surface area contributed by atoms with Crippen LogP contribution in [0, 0.1) is 10.1 Å². The number of carbonyl (C=O) groups excluding carboxylic acids is 1. The highest BCUT2D eigenvalue weighted by Crippen LogP contribution is 2.31. The molecule has 1 amide bonds. The molecule has 0 spiro atoms. The first kappa shape index (κ1) is 16.7. The third-order valence-electron chi connectivity index (χ3n) is 4.83. The van der Waals surface area contributed by atoms with Crippen LogP contribution < -0.4 is 4.90 Å². The second-order valence-corrected chi connectivity index (χ2v) is 6.40. The molecular formula is C17H23N3O4. The van der Waals surface area contributed by atoms with Gasteiger partial charge < -0.3 is 14.5 Å². The van der Waals surface area contributed by atoms with E-state index in [2.05, 4.69) is 0 Å². The lowest BCUT2D eigenvalue weighted by atomic mass is 10.0. The molecule has 130 valence electrons. The van der Waals surface area contributed by atoms with Crippen molar-refractivity contribution in [2.24, 2.45) is 0 Å². The Kier molecular flexibility index (Phi) is 4.99. The van der Waals surface area contributed by atoms with E-state index in [9.17, 15) is 14.9 Å². The summed E-state index contributed by atoms with van der Waals surface area (Å²) in [4.78, 5) is 27.6. The predicted octanol–water partition coefficient (Wildman–Crippen LogP) is 2.45. The zero-order chi connectivity index (χ0) is 17.1. The van der Waals surface area contributed by atoms with Gasteiger partial charge in [0.2, 0.25) is 0 Å². The van der Waals surface area contributed by atoms with E-state index in [0.717, 1.165) is 25.8 Å². The molecule has 1 unspecified atom stereocenters.